The van der Waals surface area contributed by atoms with Gasteiger partial charge in [-0.05, 0) is 44.0 Å². The van der Waals surface area contributed by atoms with Gasteiger partial charge in [-0.15, -0.1) is 11.8 Å². The van der Waals surface area contributed by atoms with Crippen molar-refractivity contribution in [3.05, 3.63) is 65.2 Å². The maximum absolute atomic E-state index is 12.1. The summed E-state index contributed by atoms with van der Waals surface area (Å²) in [5, 5.41) is 3.10. The summed E-state index contributed by atoms with van der Waals surface area (Å²) < 4.78 is 0. The fraction of sp³-hybridized carbons (Fsp3) is 0.316. The lowest BCUT2D eigenvalue weighted by Gasteiger charge is -2.17. The van der Waals surface area contributed by atoms with Crippen LogP contribution in [0.3, 0.4) is 0 Å². The minimum Gasteiger partial charge on any atom is -0.350 e. The van der Waals surface area contributed by atoms with Crippen molar-refractivity contribution < 1.29 is 4.79 Å². The van der Waals surface area contributed by atoms with E-state index in [2.05, 4.69) is 49.5 Å². The van der Waals surface area contributed by atoms with Gasteiger partial charge in [0.15, 0.2) is 0 Å². The summed E-state index contributed by atoms with van der Waals surface area (Å²) in [5.41, 5.74) is 3.64. The molecule has 116 valence electrons. The molecule has 0 aliphatic rings. The quantitative estimate of drug-likeness (QED) is 0.786. The molecule has 22 heavy (non-hydrogen) atoms. The van der Waals surface area contributed by atoms with Crippen molar-refractivity contribution in [1.29, 1.82) is 0 Å². The fourth-order valence-electron chi connectivity index (χ4n) is 2.40. The van der Waals surface area contributed by atoms with Gasteiger partial charge < -0.3 is 5.32 Å². The first kappa shape index (κ1) is 16.6. The lowest BCUT2D eigenvalue weighted by atomic mass is 10.00. The van der Waals surface area contributed by atoms with Gasteiger partial charge in [-0.1, -0.05) is 42.0 Å². The number of benzene rings is 2. The minimum absolute atomic E-state index is 0.0501. The van der Waals surface area contributed by atoms with E-state index >= 15 is 0 Å². The lowest BCUT2D eigenvalue weighted by Crippen LogP contribution is -2.27. The van der Waals surface area contributed by atoms with Crippen LogP contribution >= 0.6 is 11.8 Å². The number of nitrogens with one attached hydrogen (secondary N) is 1. The molecule has 2 nitrogen and oxygen atoms in total. The van der Waals surface area contributed by atoms with Gasteiger partial charge in [0.2, 0.25) is 5.91 Å². The molecular formula is C19H23NOS. The molecule has 0 fully saturated rings. The van der Waals surface area contributed by atoms with Crippen LogP contribution in [0.4, 0.5) is 0 Å². The highest BCUT2D eigenvalue weighted by Gasteiger charge is 2.11. The molecule has 0 aliphatic carbocycles. The molecule has 0 spiro atoms. The molecule has 1 amide bonds. The molecule has 0 bridgehead atoms. The highest BCUT2D eigenvalue weighted by atomic mass is 32.2. The number of thioether (sulfide) groups is 1. The number of carbonyl (C=O) groups excluding carboxylic acids is 1. The highest BCUT2D eigenvalue weighted by molar-refractivity contribution is 7.99. The first-order valence-corrected chi connectivity index (χ1v) is 8.59. The van der Waals surface area contributed by atoms with Crippen molar-refractivity contribution in [2.75, 3.05) is 5.75 Å². The smallest absolute Gasteiger partial charge is 0.221 e. The van der Waals surface area contributed by atoms with Gasteiger partial charge >= 0.3 is 0 Å². The summed E-state index contributed by atoms with van der Waals surface area (Å²) in [5.74, 6) is 0.909. The third-order valence-corrected chi connectivity index (χ3v) is 4.63. The van der Waals surface area contributed by atoms with Gasteiger partial charge in [-0.2, -0.15) is 0 Å². The average molecular weight is 313 g/mol. The molecule has 0 unspecified atom stereocenters. The van der Waals surface area contributed by atoms with Crippen LogP contribution in [0.25, 0.3) is 0 Å². The normalized spacial score (nSPS) is 12.0. The second kappa shape index (κ2) is 8.04. The molecular weight excluding hydrogens is 290 g/mol. The Kier molecular flexibility index (Phi) is 6.08. The number of hydrogen-bond acceptors (Lipinski definition) is 2. The third-order valence-electron chi connectivity index (χ3n) is 3.62. The fourth-order valence-corrected chi connectivity index (χ4v) is 3.27. The average Bonchev–Trinajstić information content (AvgIpc) is 2.50. The zero-order valence-corrected chi connectivity index (χ0v) is 14.2. The molecule has 0 aliphatic heterocycles. The third kappa shape index (κ3) is 4.92. The van der Waals surface area contributed by atoms with Crippen molar-refractivity contribution in [2.45, 2.75) is 38.1 Å². The Bertz CT molecular complexity index is 625. The summed E-state index contributed by atoms with van der Waals surface area (Å²) in [7, 11) is 0. The van der Waals surface area contributed by atoms with Crippen molar-refractivity contribution in [3.63, 3.8) is 0 Å². The van der Waals surface area contributed by atoms with Crippen molar-refractivity contribution in [2.24, 2.45) is 0 Å². The summed E-state index contributed by atoms with van der Waals surface area (Å²) in [6.45, 7) is 6.21. The Morgan fingerprint density at radius 3 is 2.59 bits per heavy atom. The van der Waals surface area contributed by atoms with E-state index in [1.807, 2.05) is 25.1 Å². The van der Waals surface area contributed by atoms with E-state index in [1.165, 1.54) is 21.6 Å². The summed E-state index contributed by atoms with van der Waals surface area (Å²) in [4.78, 5) is 13.3. The van der Waals surface area contributed by atoms with Gasteiger partial charge in [0.05, 0.1) is 6.04 Å². The molecule has 0 aromatic heterocycles. The standard InChI is InChI=1S/C19H23NOS/c1-14-9-10-15(2)18(13-14)16(3)20-19(21)11-12-22-17-7-5-4-6-8-17/h4-10,13,16H,11-12H2,1-3H3,(H,20,21)/t16-/m1/s1. The zero-order chi connectivity index (χ0) is 15.9. The van der Waals surface area contributed by atoms with Crippen LogP contribution in [0.2, 0.25) is 0 Å². The van der Waals surface area contributed by atoms with Gasteiger partial charge in [0.25, 0.3) is 0 Å². The maximum atomic E-state index is 12.1. The molecule has 0 saturated carbocycles. The van der Waals surface area contributed by atoms with Gasteiger partial charge in [0, 0.05) is 17.1 Å². The van der Waals surface area contributed by atoms with Crippen LogP contribution in [-0.2, 0) is 4.79 Å². The number of amides is 1. The van der Waals surface area contributed by atoms with Gasteiger partial charge in [-0.3, -0.25) is 4.79 Å². The number of aryl methyl sites for hydroxylation is 2. The Morgan fingerprint density at radius 2 is 1.86 bits per heavy atom. The van der Waals surface area contributed by atoms with Crippen LogP contribution in [0.15, 0.2) is 53.4 Å². The van der Waals surface area contributed by atoms with Crippen LogP contribution < -0.4 is 5.32 Å². The zero-order valence-electron chi connectivity index (χ0n) is 13.4. The molecule has 1 N–H and O–H groups in total. The molecule has 2 aromatic carbocycles. The lowest BCUT2D eigenvalue weighted by molar-refractivity contribution is -0.121. The summed E-state index contributed by atoms with van der Waals surface area (Å²) in [6.07, 6.45) is 0.536. The predicted molar refractivity (Wildman–Crippen MR) is 94.3 cm³/mol. The number of carbonyl (C=O) groups is 1. The monoisotopic (exact) mass is 313 g/mol. The van der Waals surface area contributed by atoms with E-state index < -0.39 is 0 Å². The van der Waals surface area contributed by atoms with E-state index in [9.17, 15) is 4.79 Å². The van der Waals surface area contributed by atoms with E-state index in [0.717, 1.165) is 5.75 Å². The van der Waals surface area contributed by atoms with Gasteiger partial charge in [0.1, 0.15) is 0 Å². The van der Waals surface area contributed by atoms with Crippen molar-refractivity contribution >= 4 is 17.7 Å². The highest BCUT2D eigenvalue weighted by Crippen LogP contribution is 2.20. The van der Waals surface area contributed by atoms with Crippen LogP contribution in [0.1, 0.15) is 36.1 Å². The van der Waals surface area contributed by atoms with E-state index in [1.54, 1.807) is 11.8 Å². The molecule has 0 radical (unpaired) electrons. The second-order valence-electron chi connectivity index (χ2n) is 5.56. The maximum Gasteiger partial charge on any atom is 0.221 e. The molecule has 2 aromatic rings. The Balaban J connectivity index is 1.82. The summed E-state index contributed by atoms with van der Waals surface area (Å²) in [6, 6.07) is 16.6. The van der Waals surface area contributed by atoms with Crippen LogP contribution in [-0.4, -0.2) is 11.7 Å². The molecule has 0 saturated heterocycles. The van der Waals surface area contributed by atoms with E-state index in [4.69, 9.17) is 0 Å². The molecule has 0 heterocycles. The first-order valence-electron chi connectivity index (χ1n) is 7.60. The van der Waals surface area contributed by atoms with Crippen LogP contribution in [0.5, 0.6) is 0 Å². The first-order chi connectivity index (χ1) is 10.6. The second-order valence-corrected chi connectivity index (χ2v) is 6.73. The Labute approximate surface area is 137 Å². The predicted octanol–water partition coefficient (Wildman–Crippen LogP) is 4.66. The van der Waals surface area contributed by atoms with E-state index in [-0.39, 0.29) is 11.9 Å². The molecule has 1 atom stereocenters. The molecule has 2 rings (SSSR count). The topological polar surface area (TPSA) is 29.1 Å². The number of hydrogen-bond donors (Lipinski definition) is 1. The SMILES string of the molecule is Cc1ccc(C)c([C@@H](C)NC(=O)CCSc2ccccc2)c1. The minimum atomic E-state index is 0.0501. The molecule has 3 heteroatoms. The largest absolute Gasteiger partial charge is 0.350 e. The van der Waals surface area contributed by atoms with Gasteiger partial charge in [-0.25, -0.2) is 0 Å². The summed E-state index contributed by atoms with van der Waals surface area (Å²) >= 11 is 1.72. The van der Waals surface area contributed by atoms with Crippen molar-refractivity contribution in [3.8, 4) is 0 Å². The number of rotatable bonds is 6. The van der Waals surface area contributed by atoms with Crippen LogP contribution in [0, 0.1) is 13.8 Å². The van der Waals surface area contributed by atoms with E-state index in [0.29, 0.717) is 6.42 Å². The van der Waals surface area contributed by atoms with Crippen molar-refractivity contribution in [1.82, 2.24) is 5.32 Å². The Morgan fingerprint density at radius 1 is 1.14 bits per heavy atom. The Hall–Kier alpha value is -1.74.